The summed E-state index contributed by atoms with van der Waals surface area (Å²) in [5.74, 6) is 0.286. The van der Waals surface area contributed by atoms with Crippen molar-refractivity contribution in [1.82, 2.24) is 10.1 Å². The van der Waals surface area contributed by atoms with Gasteiger partial charge in [0.2, 0.25) is 10.0 Å². The van der Waals surface area contributed by atoms with E-state index in [1.165, 1.54) is 32.6 Å². The van der Waals surface area contributed by atoms with Crippen LogP contribution in [0.5, 0.6) is 11.5 Å². The average Bonchev–Trinajstić information content (AvgIpc) is 2.72. The third kappa shape index (κ3) is 6.04. The maximum Gasteiger partial charge on any atom is 0.258 e. The predicted octanol–water partition coefficient (Wildman–Crippen LogP) is 2.47. The van der Waals surface area contributed by atoms with Crippen molar-refractivity contribution in [2.75, 3.05) is 14.2 Å². The SMILES string of the molecule is COc1ccc(OC)c(/C=N\NC(=O)[C@H](NS(=O)(=O)c2ccc(C)cc2)C(C)C)c1. The van der Waals surface area contributed by atoms with Crippen LogP contribution in [-0.4, -0.2) is 40.8 Å². The van der Waals surface area contributed by atoms with E-state index in [1.54, 1.807) is 44.2 Å². The summed E-state index contributed by atoms with van der Waals surface area (Å²) in [6.45, 7) is 5.36. The van der Waals surface area contributed by atoms with Crippen molar-refractivity contribution in [3.63, 3.8) is 0 Å². The number of sulfonamides is 1. The first-order valence-electron chi connectivity index (χ1n) is 9.32. The summed E-state index contributed by atoms with van der Waals surface area (Å²) in [5, 5.41) is 3.95. The van der Waals surface area contributed by atoms with Gasteiger partial charge in [0.05, 0.1) is 25.3 Å². The summed E-state index contributed by atoms with van der Waals surface area (Å²) >= 11 is 0. The van der Waals surface area contributed by atoms with Crippen molar-refractivity contribution in [3.05, 3.63) is 53.6 Å². The second-order valence-corrected chi connectivity index (χ2v) is 8.71. The van der Waals surface area contributed by atoms with Crippen LogP contribution in [0.25, 0.3) is 0 Å². The minimum absolute atomic E-state index is 0.0937. The molecule has 2 aromatic carbocycles. The molecule has 2 N–H and O–H groups in total. The molecular weight excluding hydrogens is 406 g/mol. The van der Waals surface area contributed by atoms with E-state index in [9.17, 15) is 13.2 Å². The van der Waals surface area contributed by atoms with Gasteiger partial charge in [0.25, 0.3) is 5.91 Å². The van der Waals surface area contributed by atoms with Gasteiger partial charge in [-0.1, -0.05) is 31.5 Å². The number of carbonyl (C=O) groups is 1. The smallest absolute Gasteiger partial charge is 0.258 e. The Morgan fingerprint density at radius 1 is 1.07 bits per heavy atom. The molecule has 1 amide bonds. The molecule has 162 valence electrons. The predicted molar refractivity (Wildman–Crippen MR) is 115 cm³/mol. The quantitative estimate of drug-likeness (QED) is 0.467. The molecule has 0 aliphatic heterocycles. The molecule has 2 rings (SSSR count). The van der Waals surface area contributed by atoms with Crippen molar-refractivity contribution >= 4 is 22.1 Å². The highest BCUT2D eigenvalue weighted by molar-refractivity contribution is 7.89. The molecule has 30 heavy (non-hydrogen) atoms. The fraction of sp³-hybridized carbons (Fsp3) is 0.333. The van der Waals surface area contributed by atoms with Crippen molar-refractivity contribution in [2.45, 2.75) is 31.7 Å². The Labute approximate surface area is 177 Å². The molecule has 0 aromatic heterocycles. The summed E-state index contributed by atoms with van der Waals surface area (Å²) in [5.41, 5.74) is 3.93. The molecule has 0 saturated carbocycles. The lowest BCUT2D eigenvalue weighted by Crippen LogP contribution is -2.48. The molecule has 1 atom stereocenters. The van der Waals surface area contributed by atoms with Crippen molar-refractivity contribution in [2.24, 2.45) is 11.0 Å². The molecule has 9 heteroatoms. The molecule has 0 spiro atoms. The Hall–Kier alpha value is -2.91. The number of nitrogens with one attached hydrogen (secondary N) is 2. The number of rotatable bonds is 9. The van der Waals surface area contributed by atoms with Gasteiger partial charge in [0.15, 0.2) is 0 Å². The highest BCUT2D eigenvalue weighted by atomic mass is 32.2. The van der Waals surface area contributed by atoms with Crippen LogP contribution >= 0.6 is 0 Å². The summed E-state index contributed by atoms with van der Waals surface area (Å²) in [6, 6.07) is 10.6. The number of carbonyl (C=O) groups excluding carboxylic acids is 1. The van der Waals surface area contributed by atoms with E-state index in [2.05, 4.69) is 15.2 Å². The standard InChI is InChI=1S/C21H27N3O5S/c1-14(2)20(24-30(26,27)18-9-6-15(3)7-10-18)21(25)23-22-13-16-12-17(28-4)8-11-19(16)29-5/h6-14,20,24H,1-5H3,(H,23,25)/b22-13-/t20-/m1/s1. The van der Waals surface area contributed by atoms with Gasteiger partial charge in [-0.15, -0.1) is 0 Å². The van der Waals surface area contributed by atoms with Crippen molar-refractivity contribution in [1.29, 1.82) is 0 Å². The number of benzene rings is 2. The normalized spacial score (nSPS) is 12.7. The minimum atomic E-state index is -3.86. The van der Waals surface area contributed by atoms with Gasteiger partial charge in [-0.05, 0) is 43.2 Å². The largest absolute Gasteiger partial charge is 0.497 e. The second kappa shape index (κ2) is 10.2. The summed E-state index contributed by atoms with van der Waals surface area (Å²) in [7, 11) is -0.803. The Bertz CT molecular complexity index is 1000. The first kappa shape index (κ1) is 23.4. The lowest BCUT2D eigenvalue weighted by molar-refractivity contribution is -0.123. The van der Waals surface area contributed by atoms with E-state index in [4.69, 9.17) is 9.47 Å². The first-order chi connectivity index (χ1) is 14.2. The van der Waals surface area contributed by atoms with Crippen molar-refractivity contribution in [3.8, 4) is 11.5 Å². The number of hydrogen-bond donors (Lipinski definition) is 2. The van der Waals surface area contributed by atoms with Gasteiger partial charge in [0, 0.05) is 5.56 Å². The number of ether oxygens (including phenoxy) is 2. The van der Waals surface area contributed by atoms with Crippen LogP contribution in [0.1, 0.15) is 25.0 Å². The summed E-state index contributed by atoms with van der Waals surface area (Å²) in [4.78, 5) is 12.7. The molecule has 0 heterocycles. The second-order valence-electron chi connectivity index (χ2n) is 7.00. The number of hydrogen-bond acceptors (Lipinski definition) is 6. The van der Waals surface area contributed by atoms with E-state index < -0.39 is 22.0 Å². The highest BCUT2D eigenvalue weighted by Gasteiger charge is 2.28. The molecule has 8 nitrogen and oxygen atoms in total. The number of aryl methyl sites for hydroxylation is 1. The maximum atomic E-state index is 12.7. The molecule has 0 fully saturated rings. The molecule has 0 radical (unpaired) electrons. The van der Waals surface area contributed by atoms with Crippen LogP contribution in [0.4, 0.5) is 0 Å². The summed E-state index contributed by atoms with van der Waals surface area (Å²) < 4.78 is 38.2. The van der Waals surface area contributed by atoms with Crippen LogP contribution in [0, 0.1) is 12.8 Å². The Balaban J connectivity index is 2.14. The third-order valence-electron chi connectivity index (χ3n) is 4.38. The van der Waals surface area contributed by atoms with Crippen LogP contribution < -0.4 is 19.6 Å². The van der Waals surface area contributed by atoms with Crippen LogP contribution in [0.2, 0.25) is 0 Å². The molecule has 0 aliphatic carbocycles. The number of hydrazone groups is 1. The molecular formula is C21H27N3O5S. The van der Waals surface area contributed by atoms with Gasteiger partial charge in [-0.25, -0.2) is 13.8 Å². The van der Waals surface area contributed by atoms with Crippen LogP contribution in [0.3, 0.4) is 0 Å². The Kier molecular flexibility index (Phi) is 7.96. The molecule has 0 bridgehead atoms. The highest BCUT2D eigenvalue weighted by Crippen LogP contribution is 2.22. The first-order valence-corrected chi connectivity index (χ1v) is 10.8. The minimum Gasteiger partial charge on any atom is -0.497 e. The number of amides is 1. The van der Waals surface area contributed by atoms with E-state index in [-0.39, 0.29) is 10.8 Å². The fourth-order valence-electron chi connectivity index (χ4n) is 2.62. The van der Waals surface area contributed by atoms with Crippen molar-refractivity contribution < 1.29 is 22.7 Å². The van der Waals surface area contributed by atoms with E-state index >= 15 is 0 Å². The lowest BCUT2D eigenvalue weighted by atomic mass is 10.1. The van der Waals surface area contributed by atoms with Crippen LogP contribution in [0.15, 0.2) is 52.5 Å². The van der Waals surface area contributed by atoms with Gasteiger partial charge in [-0.3, -0.25) is 4.79 Å². The average molecular weight is 434 g/mol. The third-order valence-corrected chi connectivity index (χ3v) is 5.83. The number of methoxy groups -OCH3 is 2. The molecule has 0 unspecified atom stereocenters. The summed E-state index contributed by atoms with van der Waals surface area (Å²) in [6.07, 6.45) is 1.41. The maximum absolute atomic E-state index is 12.7. The van der Waals surface area contributed by atoms with Gasteiger partial charge < -0.3 is 9.47 Å². The molecule has 2 aromatic rings. The van der Waals surface area contributed by atoms with Crippen LogP contribution in [-0.2, 0) is 14.8 Å². The zero-order chi connectivity index (χ0) is 22.3. The van der Waals surface area contributed by atoms with E-state index in [1.807, 2.05) is 6.92 Å². The van der Waals surface area contributed by atoms with Gasteiger partial charge in [0.1, 0.15) is 17.5 Å². The lowest BCUT2D eigenvalue weighted by Gasteiger charge is -2.20. The van der Waals surface area contributed by atoms with Gasteiger partial charge >= 0.3 is 0 Å². The number of nitrogens with zero attached hydrogens (tertiary/aromatic N) is 1. The Morgan fingerprint density at radius 2 is 1.73 bits per heavy atom. The zero-order valence-electron chi connectivity index (χ0n) is 17.7. The Morgan fingerprint density at radius 3 is 2.30 bits per heavy atom. The molecule has 0 saturated heterocycles. The van der Waals surface area contributed by atoms with Gasteiger partial charge in [-0.2, -0.15) is 9.82 Å². The monoisotopic (exact) mass is 433 g/mol. The van der Waals surface area contributed by atoms with E-state index in [0.717, 1.165) is 5.56 Å². The van der Waals surface area contributed by atoms with E-state index in [0.29, 0.717) is 17.1 Å². The topological polar surface area (TPSA) is 106 Å². The molecule has 0 aliphatic rings. The zero-order valence-corrected chi connectivity index (χ0v) is 18.5. The fourth-order valence-corrected chi connectivity index (χ4v) is 3.96.